The summed E-state index contributed by atoms with van der Waals surface area (Å²) >= 11 is 0. The van der Waals surface area contributed by atoms with Crippen LogP contribution in [0.4, 0.5) is 0 Å². The van der Waals surface area contributed by atoms with Crippen LogP contribution in [0.3, 0.4) is 0 Å². The van der Waals surface area contributed by atoms with Crippen molar-refractivity contribution in [2.45, 2.75) is 51.4 Å². The first-order valence-corrected chi connectivity index (χ1v) is 6.91. The van der Waals surface area contributed by atoms with Gasteiger partial charge in [0.1, 0.15) is 0 Å². The van der Waals surface area contributed by atoms with Gasteiger partial charge in [0.05, 0.1) is 0 Å². The molecule has 3 rings (SSSR count). The topological polar surface area (TPSA) is 6.48 Å². The van der Waals surface area contributed by atoms with E-state index in [0.717, 1.165) is 13.1 Å². The Morgan fingerprint density at radius 3 is 2.44 bits per heavy atom. The summed E-state index contributed by atoms with van der Waals surface area (Å²) in [6.45, 7) is 11.8. The van der Waals surface area contributed by atoms with Gasteiger partial charge in [-0.05, 0) is 45.9 Å². The molecule has 0 saturated carbocycles. The van der Waals surface area contributed by atoms with Gasteiger partial charge in [0.2, 0.25) is 0 Å². The molecule has 2 heterocycles. The number of hydrogen-bond acceptors (Lipinski definition) is 2. The SMILES string of the molecule is CN1CC2c3ccccc3CN2C(C)(C)C1(C)C. The molecular formula is C16H24N2. The lowest BCUT2D eigenvalue weighted by Gasteiger charge is -2.59. The van der Waals surface area contributed by atoms with E-state index in [1.807, 2.05) is 0 Å². The fourth-order valence-corrected chi connectivity index (χ4v) is 3.56. The van der Waals surface area contributed by atoms with Crippen LogP contribution >= 0.6 is 0 Å². The lowest BCUT2D eigenvalue weighted by atomic mass is 9.76. The molecule has 0 N–H and O–H groups in total. The lowest BCUT2D eigenvalue weighted by molar-refractivity contribution is -0.101. The second-order valence-corrected chi connectivity index (χ2v) is 6.84. The van der Waals surface area contributed by atoms with Crippen LogP contribution in [-0.4, -0.2) is 34.5 Å². The summed E-state index contributed by atoms with van der Waals surface area (Å²) in [4.78, 5) is 5.22. The number of likely N-dealkylation sites (N-methyl/N-ethyl adjacent to an activating group) is 1. The second kappa shape index (κ2) is 3.58. The standard InChI is InChI=1S/C16H24N2/c1-15(2)16(3,4)18-10-12-8-6-7-9-13(12)14(18)11-17(15)5/h6-9,14H,10-11H2,1-5H3. The van der Waals surface area contributed by atoms with Crippen LogP contribution in [0.5, 0.6) is 0 Å². The van der Waals surface area contributed by atoms with Crippen molar-refractivity contribution in [3.05, 3.63) is 35.4 Å². The van der Waals surface area contributed by atoms with Gasteiger partial charge < -0.3 is 0 Å². The molecule has 98 valence electrons. The smallest absolute Gasteiger partial charge is 0.0488 e. The minimum Gasteiger partial charge on any atom is -0.298 e. The number of fused-ring (bicyclic) bond motifs is 3. The van der Waals surface area contributed by atoms with E-state index in [1.54, 1.807) is 0 Å². The largest absolute Gasteiger partial charge is 0.298 e. The number of hydrogen-bond donors (Lipinski definition) is 0. The van der Waals surface area contributed by atoms with E-state index < -0.39 is 0 Å². The Kier molecular flexibility index (Phi) is 2.43. The summed E-state index contributed by atoms with van der Waals surface area (Å²) in [6.07, 6.45) is 0. The number of benzene rings is 1. The second-order valence-electron chi connectivity index (χ2n) is 6.84. The zero-order valence-electron chi connectivity index (χ0n) is 12.2. The highest BCUT2D eigenvalue weighted by Crippen LogP contribution is 2.48. The summed E-state index contributed by atoms with van der Waals surface area (Å²) in [5.41, 5.74) is 3.43. The molecule has 0 spiro atoms. The Labute approximate surface area is 111 Å². The summed E-state index contributed by atoms with van der Waals surface area (Å²) in [5, 5.41) is 0. The maximum Gasteiger partial charge on any atom is 0.0488 e. The Morgan fingerprint density at radius 2 is 1.72 bits per heavy atom. The molecule has 0 aliphatic carbocycles. The van der Waals surface area contributed by atoms with Gasteiger partial charge in [-0.15, -0.1) is 0 Å². The molecule has 0 amide bonds. The van der Waals surface area contributed by atoms with E-state index >= 15 is 0 Å². The van der Waals surface area contributed by atoms with Gasteiger partial charge in [-0.2, -0.15) is 0 Å². The first kappa shape index (κ1) is 12.2. The zero-order valence-corrected chi connectivity index (χ0v) is 12.2. The van der Waals surface area contributed by atoms with E-state index in [2.05, 4.69) is 68.8 Å². The van der Waals surface area contributed by atoms with E-state index in [9.17, 15) is 0 Å². The van der Waals surface area contributed by atoms with Crippen molar-refractivity contribution in [2.75, 3.05) is 13.6 Å². The predicted octanol–water partition coefficient (Wildman–Crippen LogP) is 3.05. The van der Waals surface area contributed by atoms with Crippen molar-refractivity contribution in [2.24, 2.45) is 0 Å². The third-order valence-corrected chi connectivity index (χ3v) is 5.75. The molecule has 2 nitrogen and oxygen atoms in total. The highest BCUT2D eigenvalue weighted by Gasteiger charge is 2.53. The molecule has 0 radical (unpaired) electrons. The highest BCUT2D eigenvalue weighted by atomic mass is 15.4. The maximum atomic E-state index is 2.69. The van der Waals surface area contributed by atoms with Gasteiger partial charge in [0.25, 0.3) is 0 Å². The molecule has 1 aromatic rings. The van der Waals surface area contributed by atoms with E-state index in [-0.39, 0.29) is 11.1 Å². The van der Waals surface area contributed by atoms with E-state index in [1.165, 1.54) is 11.1 Å². The molecule has 0 bridgehead atoms. The van der Waals surface area contributed by atoms with Crippen LogP contribution < -0.4 is 0 Å². The Balaban J connectivity index is 2.07. The van der Waals surface area contributed by atoms with Crippen LogP contribution in [0.15, 0.2) is 24.3 Å². The minimum absolute atomic E-state index is 0.184. The number of piperazine rings is 1. The molecule has 2 heteroatoms. The molecule has 1 atom stereocenters. The van der Waals surface area contributed by atoms with Gasteiger partial charge >= 0.3 is 0 Å². The van der Waals surface area contributed by atoms with Gasteiger partial charge in [0, 0.05) is 30.2 Å². The third-order valence-electron chi connectivity index (χ3n) is 5.75. The van der Waals surface area contributed by atoms with Crippen molar-refractivity contribution in [3.8, 4) is 0 Å². The van der Waals surface area contributed by atoms with Gasteiger partial charge in [-0.1, -0.05) is 24.3 Å². The molecule has 2 aliphatic heterocycles. The van der Waals surface area contributed by atoms with Gasteiger partial charge in [-0.3, -0.25) is 9.80 Å². The highest BCUT2D eigenvalue weighted by molar-refractivity contribution is 5.36. The quantitative estimate of drug-likeness (QED) is 0.692. The predicted molar refractivity (Wildman–Crippen MR) is 75.5 cm³/mol. The average Bonchev–Trinajstić information content (AvgIpc) is 2.67. The fraction of sp³-hybridized carbons (Fsp3) is 0.625. The van der Waals surface area contributed by atoms with Gasteiger partial charge in [-0.25, -0.2) is 0 Å². The normalized spacial score (nSPS) is 29.9. The molecule has 1 saturated heterocycles. The first-order valence-electron chi connectivity index (χ1n) is 6.91. The van der Waals surface area contributed by atoms with Crippen LogP contribution in [0.25, 0.3) is 0 Å². The summed E-state index contributed by atoms with van der Waals surface area (Å²) in [6, 6.07) is 9.50. The molecule has 18 heavy (non-hydrogen) atoms. The molecule has 1 fully saturated rings. The summed E-state index contributed by atoms with van der Waals surface area (Å²) in [7, 11) is 2.26. The zero-order chi connectivity index (χ0) is 13.1. The number of rotatable bonds is 0. The summed E-state index contributed by atoms with van der Waals surface area (Å²) in [5.74, 6) is 0. The van der Waals surface area contributed by atoms with Crippen molar-refractivity contribution in [3.63, 3.8) is 0 Å². The molecular weight excluding hydrogens is 220 g/mol. The molecule has 2 aliphatic rings. The Bertz CT molecular complexity index is 476. The fourth-order valence-electron chi connectivity index (χ4n) is 3.56. The maximum absolute atomic E-state index is 2.69. The monoisotopic (exact) mass is 244 g/mol. The average molecular weight is 244 g/mol. The Morgan fingerprint density at radius 1 is 1.06 bits per heavy atom. The lowest BCUT2D eigenvalue weighted by Crippen LogP contribution is -2.69. The van der Waals surface area contributed by atoms with Crippen molar-refractivity contribution >= 4 is 0 Å². The first-order chi connectivity index (χ1) is 8.35. The van der Waals surface area contributed by atoms with E-state index in [4.69, 9.17) is 0 Å². The van der Waals surface area contributed by atoms with Crippen LogP contribution in [-0.2, 0) is 6.54 Å². The van der Waals surface area contributed by atoms with Crippen LogP contribution in [0, 0.1) is 0 Å². The van der Waals surface area contributed by atoms with Crippen LogP contribution in [0.2, 0.25) is 0 Å². The van der Waals surface area contributed by atoms with Crippen molar-refractivity contribution in [1.29, 1.82) is 0 Å². The number of nitrogens with zero attached hydrogens (tertiary/aromatic N) is 2. The van der Waals surface area contributed by atoms with Crippen molar-refractivity contribution < 1.29 is 0 Å². The van der Waals surface area contributed by atoms with Crippen molar-refractivity contribution in [1.82, 2.24) is 9.80 Å². The molecule has 1 unspecified atom stereocenters. The van der Waals surface area contributed by atoms with E-state index in [0.29, 0.717) is 6.04 Å². The molecule has 0 aromatic heterocycles. The third kappa shape index (κ3) is 1.36. The summed E-state index contributed by atoms with van der Waals surface area (Å²) < 4.78 is 0. The Hall–Kier alpha value is -0.860. The van der Waals surface area contributed by atoms with Gasteiger partial charge in [0.15, 0.2) is 0 Å². The minimum atomic E-state index is 0.184. The van der Waals surface area contributed by atoms with Crippen LogP contribution in [0.1, 0.15) is 44.9 Å². The molecule has 1 aromatic carbocycles.